The Labute approximate surface area is 123 Å². The van der Waals surface area contributed by atoms with E-state index in [1.54, 1.807) is 23.1 Å². The number of aromatic nitrogens is 1. The van der Waals surface area contributed by atoms with Crippen molar-refractivity contribution in [3.63, 3.8) is 0 Å². The molecule has 0 aromatic carbocycles. The first kappa shape index (κ1) is 14.6. The maximum atomic E-state index is 12.2. The number of hydrogen-bond donors (Lipinski definition) is 1. The van der Waals surface area contributed by atoms with Gasteiger partial charge in [-0.2, -0.15) is 0 Å². The van der Waals surface area contributed by atoms with Gasteiger partial charge in [-0.15, -0.1) is 12.4 Å². The van der Waals surface area contributed by atoms with Crippen molar-refractivity contribution >= 4 is 30.0 Å². The molecule has 2 heterocycles. The number of nitrogens with two attached hydrogens (primary N) is 1. The minimum Gasteiger partial charge on any atom is -0.384 e. The molecule has 2 aliphatic rings. The molecule has 0 unspecified atom stereocenters. The molecular weight excluding hydrogens is 280 g/mol. The first-order valence-corrected chi connectivity index (χ1v) is 6.46. The van der Waals surface area contributed by atoms with Gasteiger partial charge in [0.1, 0.15) is 18.1 Å². The molecule has 1 aliphatic heterocycles. The van der Waals surface area contributed by atoms with Crippen molar-refractivity contribution in [3.05, 3.63) is 23.9 Å². The smallest absolute Gasteiger partial charge is 0.273 e. The Bertz CT molecular complexity index is 533. The van der Waals surface area contributed by atoms with E-state index >= 15 is 0 Å². The molecule has 0 radical (unpaired) electrons. The van der Waals surface area contributed by atoms with Gasteiger partial charge >= 0.3 is 0 Å². The molecule has 2 N–H and O–H groups in total. The normalized spacial score (nSPS) is 18.7. The Hall–Kier alpha value is -1.82. The van der Waals surface area contributed by atoms with Crippen LogP contribution in [0.15, 0.2) is 18.2 Å². The van der Waals surface area contributed by atoms with E-state index in [1.807, 2.05) is 4.90 Å². The third-order valence-electron chi connectivity index (χ3n) is 3.52. The van der Waals surface area contributed by atoms with Gasteiger partial charge in [-0.1, -0.05) is 6.07 Å². The molecule has 7 heteroatoms. The molecule has 1 aliphatic carbocycles. The lowest BCUT2D eigenvalue weighted by molar-refractivity contribution is -0.135. The van der Waals surface area contributed by atoms with Crippen molar-refractivity contribution in [1.82, 2.24) is 14.8 Å². The number of amides is 2. The minimum absolute atomic E-state index is 0. The van der Waals surface area contributed by atoms with Gasteiger partial charge in [0.05, 0.1) is 0 Å². The molecule has 1 aromatic rings. The molecule has 1 aromatic heterocycles. The van der Waals surface area contributed by atoms with Crippen LogP contribution in [0.25, 0.3) is 0 Å². The minimum atomic E-state index is -0.226. The highest BCUT2D eigenvalue weighted by molar-refractivity contribution is 5.95. The van der Waals surface area contributed by atoms with Crippen molar-refractivity contribution < 1.29 is 9.59 Å². The number of rotatable bonds is 2. The largest absolute Gasteiger partial charge is 0.384 e. The van der Waals surface area contributed by atoms with E-state index in [-0.39, 0.29) is 30.8 Å². The molecule has 20 heavy (non-hydrogen) atoms. The predicted molar refractivity (Wildman–Crippen MR) is 76.5 cm³/mol. The summed E-state index contributed by atoms with van der Waals surface area (Å²) in [6, 6.07) is 5.36. The molecular formula is C13H17ClN4O2. The Kier molecular flexibility index (Phi) is 4.13. The van der Waals surface area contributed by atoms with Gasteiger partial charge in [0.15, 0.2) is 0 Å². The van der Waals surface area contributed by atoms with Crippen molar-refractivity contribution in [1.29, 1.82) is 0 Å². The highest BCUT2D eigenvalue weighted by Crippen LogP contribution is 2.28. The van der Waals surface area contributed by atoms with Gasteiger partial charge in [0, 0.05) is 19.1 Å². The summed E-state index contributed by atoms with van der Waals surface area (Å²) in [7, 11) is 0. The highest BCUT2D eigenvalue weighted by atomic mass is 35.5. The second kappa shape index (κ2) is 5.66. The molecule has 1 saturated heterocycles. The fourth-order valence-corrected chi connectivity index (χ4v) is 2.36. The van der Waals surface area contributed by atoms with E-state index in [0.717, 1.165) is 12.8 Å². The lowest BCUT2D eigenvalue weighted by Gasteiger charge is -2.34. The second-order valence-corrected chi connectivity index (χ2v) is 4.99. The molecule has 108 valence electrons. The van der Waals surface area contributed by atoms with Crippen molar-refractivity contribution in [2.75, 3.05) is 25.4 Å². The van der Waals surface area contributed by atoms with Gasteiger partial charge < -0.3 is 15.5 Å². The first-order chi connectivity index (χ1) is 9.15. The molecule has 0 spiro atoms. The number of nitrogen functional groups attached to an aromatic ring is 1. The zero-order chi connectivity index (χ0) is 13.4. The quantitative estimate of drug-likeness (QED) is 0.863. The average molecular weight is 297 g/mol. The van der Waals surface area contributed by atoms with Crippen LogP contribution in [0, 0.1) is 0 Å². The van der Waals surface area contributed by atoms with Crippen LogP contribution in [0.1, 0.15) is 23.3 Å². The number of hydrogen-bond acceptors (Lipinski definition) is 4. The number of anilines is 1. The lowest BCUT2D eigenvalue weighted by atomic mass is 10.2. The summed E-state index contributed by atoms with van der Waals surface area (Å²) in [5.74, 6) is 0.121. The molecule has 1 saturated carbocycles. The third-order valence-corrected chi connectivity index (χ3v) is 3.52. The molecule has 6 nitrogen and oxygen atoms in total. The van der Waals surface area contributed by atoms with E-state index in [4.69, 9.17) is 5.73 Å². The van der Waals surface area contributed by atoms with Crippen LogP contribution in [-0.4, -0.2) is 52.3 Å². The summed E-state index contributed by atoms with van der Waals surface area (Å²) >= 11 is 0. The standard InChI is InChI=1S/C13H16N4O2.ClH/c14-11-3-1-2-10(15-11)13(19)16-6-7-17(9-4-5-9)12(18)8-16;/h1-3,9H,4-8H2,(H2,14,15);1H. The Morgan fingerprint density at radius 1 is 1.30 bits per heavy atom. The van der Waals surface area contributed by atoms with Crippen LogP contribution in [0.2, 0.25) is 0 Å². The SMILES string of the molecule is Cl.Nc1cccc(C(=O)N2CCN(C3CC3)C(=O)C2)n1. The van der Waals surface area contributed by atoms with Gasteiger partial charge in [-0.3, -0.25) is 9.59 Å². The summed E-state index contributed by atoms with van der Waals surface area (Å²) in [5, 5.41) is 0. The summed E-state index contributed by atoms with van der Waals surface area (Å²) < 4.78 is 0. The molecule has 2 amide bonds. The number of pyridine rings is 1. The maximum absolute atomic E-state index is 12.2. The fourth-order valence-electron chi connectivity index (χ4n) is 2.36. The van der Waals surface area contributed by atoms with E-state index in [0.29, 0.717) is 30.6 Å². The van der Waals surface area contributed by atoms with Crippen molar-refractivity contribution in [2.45, 2.75) is 18.9 Å². The van der Waals surface area contributed by atoms with Crippen LogP contribution >= 0.6 is 12.4 Å². The van der Waals surface area contributed by atoms with Gasteiger partial charge in [0.2, 0.25) is 5.91 Å². The summed E-state index contributed by atoms with van der Waals surface area (Å²) in [5.41, 5.74) is 5.87. The van der Waals surface area contributed by atoms with Crippen LogP contribution < -0.4 is 5.73 Å². The fraction of sp³-hybridized carbons (Fsp3) is 0.462. The summed E-state index contributed by atoms with van der Waals surface area (Å²) in [6.07, 6.45) is 2.19. The second-order valence-electron chi connectivity index (χ2n) is 4.99. The van der Waals surface area contributed by atoms with Crippen LogP contribution in [0.5, 0.6) is 0 Å². The number of halogens is 1. The first-order valence-electron chi connectivity index (χ1n) is 6.46. The Morgan fingerprint density at radius 2 is 2.05 bits per heavy atom. The van der Waals surface area contributed by atoms with E-state index in [9.17, 15) is 9.59 Å². The Balaban J connectivity index is 0.00000147. The molecule has 2 fully saturated rings. The van der Waals surface area contributed by atoms with Gasteiger partial charge in [-0.05, 0) is 25.0 Å². The molecule has 0 atom stereocenters. The van der Waals surface area contributed by atoms with Crippen LogP contribution in [0.3, 0.4) is 0 Å². The van der Waals surface area contributed by atoms with Crippen molar-refractivity contribution in [3.8, 4) is 0 Å². The highest BCUT2D eigenvalue weighted by Gasteiger charge is 2.37. The zero-order valence-electron chi connectivity index (χ0n) is 11.0. The summed E-state index contributed by atoms with van der Waals surface area (Å²) in [4.78, 5) is 31.6. The third kappa shape index (κ3) is 2.85. The number of carbonyl (C=O) groups excluding carboxylic acids is 2. The van der Waals surface area contributed by atoms with E-state index < -0.39 is 0 Å². The zero-order valence-corrected chi connectivity index (χ0v) is 11.8. The maximum Gasteiger partial charge on any atom is 0.273 e. The lowest BCUT2D eigenvalue weighted by Crippen LogP contribution is -2.53. The number of nitrogens with zero attached hydrogens (tertiary/aromatic N) is 3. The van der Waals surface area contributed by atoms with Gasteiger partial charge in [-0.25, -0.2) is 4.98 Å². The average Bonchev–Trinajstić information content (AvgIpc) is 3.22. The Morgan fingerprint density at radius 3 is 2.65 bits per heavy atom. The summed E-state index contributed by atoms with van der Waals surface area (Å²) in [6.45, 7) is 1.33. The number of piperazine rings is 1. The predicted octanol–water partition coefficient (Wildman–Crippen LogP) is 0.532. The van der Waals surface area contributed by atoms with Crippen LogP contribution in [-0.2, 0) is 4.79 Å². The van der Waals surface area contributed by atoms with Crippen molar-refractivity contribution in [2.24, 2.45) is 0 Å². The van der Waals surface area contributed by atoms with Crippen LogP contribution in [0.4, 0.5) is 5.82 Å². The molecule has 3 rings (SSSR count). The van der Waals surface area contributed by atoms with E-state index in [1.165, 1.54) is 0 Å². The van der Waals surface area contributed by atoms with Gasteiger partial charge in [0.25, 0.3) is 5.91 Å². The van der Waals surface area contributed by atoms with E-state index in [2.05, 4.69) is 4.98 Å². The number of carbonyl (C=O) groups is 2. The molecule has 0 bridgehead atoms. The monoisotopic (exact) mass is 296 g/mol. The topological polar surface area (TPSA) is 79.5 Å².